The van der Waals surface area contributed by atoms with Crippen molar-refractivity contribution in [3.05, 3.63) is 69.3 Å². The lowest BCUT2D eigenvalue weighted by molar-refractivity contribution is -0.385. The predicted molar refractivity (Wildman–Crippen MR) is 112 cm³/mol. The lowest BCUT2D eigenvalue weighted by Crippen LogP contribution is -2.13. The van der Waals surface area contributed by atoms with Crippen LogP contribution < -0.4 is 0 Å². The average molecular weight is 433 g/mol. The number of hydrogen-bond acceptors (Lipinski definition) is 7. The number of rotatable bonds is 9. The highest BCUT2D eigenvalue weighted by Gasteiger charge is 2.24. The number of carbonyl (C=O) groups excluding carboxylic acids is 1. The van der Waals surface area contributed by atoms with E-state index in [1.807, 2.05) is 6.92 Å². The Morgan fingerprint density at radius 2 is 1.93 bits per heavy atom. The molecule has 2 aromatic carbocycles. The van der Waals surface area contributed by atoms with Crippen LogP contribution in [0.3, 0.4) is 0 Å². The lowest BCUT2D eigenvalue weighted by Gasteiger charge is -2.12. The van der Waals surface area contributed by atoms with Crippen molar-refractivity contribution in [3.63, 3.8) is 0 Å². The maximum atomic E-state index is 12.8. The molecule has 0 spiro atoms. The highest BCUT2D eigenvalue weighted by Crippen LogP contribution is 2.29. The third kappa shape index (κ3) is 5.44. The van der Waals surface area contributed by atoms with Gasteiger partial charge in [0.15, 0.2) is 9.84 Å². The van der Waals surface area contributed by atoms with Gasteiger partial charge in [0.05, 0.1) is 27.7 Å². The third-order valence-electron chi connectivity index (χ3n) is 4.41. The van der Waals surface area contributed by atoms with Gasteiger partial charge in [0, 0.05) is 6.07 Å². The smallest absolute Gasteiger partial charge is 0.342 e. The van der Waals surface area contributed by atoms with Crippen molar-refractivity contribution < 1.29 is 28.0 Å². The summed E-state index contributed by atoms with van der Waals surface area (Å²) in [5.74, 6) is -1.58. The summed E-state index contributed by atoms with van der Waals surface area (Å²) in [6.45, 7) is 3.53. The first kappa shape index (κ1) is 23.1. The van der Waals surface area contributed by atoms with Crippen LogP contribution >= 0.6 is 0 Å². The fourth-order valence-corrected chi connectivity index (χ4v) is 4.21. The summed E-state index contributed by atoms with van der Waals surface area (Å²) in [7, 11) is -3.87. The number of phenolic OH excluding ortho intramolecular Hbond substituents is 1. The largest absolute Gasteiger partial charge is 0.507 e. The number of benzene rings is 2. The molecule has 9 heteroatoms. The number of aromatic hydroxyl groups is 1. The van der Waals surface area contributed by atoms with Gasteiger partial charge in [-0.15, -0.1) is 0 Å². The molecule has 0 bridgehead atoms. The van der Waals surface area contributed by atoms with E-state index >= 15 is 0 Å². The Morgan fingerprint density at radius 3 is 2.60 bits per heavy atom. The monoisotopic (exact) mass is 433 g/mol. The minimum Gasteiger partial charge on any atom is -0.507 e. The van der Waals surface area contributed by atoms with Gasteiger partial charge in [-0.25, -0.2) is 13.2 Å². The van der Waals surface area contributed by atoms with Gasteiger partial charge < -0.3 is 9.84 Å². The summed E-state index contributed by atoms with van der Waals surface area (Å²) < 4.78 is 30.7. The fourth-order valence-electron chi connectivity index (χ4n) is 2.84. The van der Waals surface area contributed by atoms with E-state index in [1.165, 1.54) is 43.3 Å². The average Bonchev–Trinajstić information content (AvgIpc) is 2.68. The maximum Gasteiger partial charge on any atom is 0.342 e. The zero-order chi connectivity index (χ0) is 22.3. The van der Waals surface area contributed by atoms with Crippen LogP contribution in [0.25, 0.3) is 6.08 Å². The number of hydrogen-bond donors (Lipinski definition) is 1. The van der Waals surface area contributed by atoms with Crippen LogP contribution in [0.2, 0.25) is 0 Å². The second kappa shape index (κ2) is 10.0. The molecule has 0 atom stereocenters. The van der Waals surface area contributed by atoms with Crippen LogP contribution in [0.1, 0.15) is 41.3 Å². The zero-order valence-electron chi connectivity index (χ0n) is 16.7. The van der Waals surface area contributed by atoms with Crippen LogP contribution in [0.4, 0.5) is 5.69 Å². The summed E-state index contributed by atoms with van der Waals surface area (Å²) in [4.78, 5) is 22.7. The van der Waals surface area contributed by atoms with Crippen molar-refractivity contribution >= 4 is 27.6 Å². The minimum atomic E-state index is -3.87. The molecule has 2 aromatic rings. The van der Waals surface area contributed by atoms with E-state index < -0.39 is 26.5 Å². The third-order valence-corrected chi connectivity index (χ3v) is 6.15. The van der Waals surface area contributed by atoms with E-state index in [1.54, 1.807) is 6.07 Å². The first-order chi connectivity index (χ1) is 14.2. The van der Waals surface area contributed by atoms with E-state index in [0.29, 0.717) is 6.42 Å². The van der Waals surface area contributed by atoms with Gasteiger partial charge in [-0.3, -0.25) is 10.1 Å². The Labute approximate surface area is 174 Å². The molecule has 0 fully saturated rings. The molecule has 0 amide bonds. The SMILES string of the molecule is CCCCOC(=O)c1c(O)ccc(S(=O)(=O)CC=Cc2ccccc2[N+](=O)[O-])c1C. The second-order valence-corrected chi connectivity index (χ2v) is 8.57. The Kier molecular flexibility index (Phi) is 7.71. The first-order valence-electron chi connectivity index (χ1n) is 9.31. The van der Waals surface area contributed by atoms with E-state index in [2.05, 4.69) is 0 Å². The molecule has 1 N–H and O–H groups in total. The first-order valence-corrected chi connectivity index (χ1v) is 11.0. The Bertz CT molecular complexity index is 1070. The van der Waals surface area contributed by atoms with Gasteiger partial charge in [-0.1, -0.05) is 37.6 Å². The predicted octanol–water partition coefficient (Wildman–Crippen LogP) is 4.05. The van der Waals surface area contributed by atoms with Crippen molar-refractivity contribution in [1.82, 2.24) is 0 Å². The van der Waals surface area contributed by atoms with E-state index in [4.69, 9.17) is 4.74 Å². The quantitative estimate of drug-likeness (QED) is 0.274. The van der Waals surface area contributed by atoms with Crippen molar-refractivity contribution in [2.75, 3.05) is 12.4 Å². The van der Waals surface area contributed by atoms with Crippen LogP contribution in [0.15, 0.2) is 47.4 Å². The molecule has 30 heavy (non-hydrogen) atoms. The summed E-state index contributed by atoms with van der Waals surface area (Å²) >= 11 is 0. The van der Waals surface area contributed by atoms with E-state index in [9.17, 15) is 28.4 Å². The summed E-state index contributed by atoms with van der Waals surface area (Å²) in [6, 6.07) is 8.34. The van der Waals surface area contributed by atoms with Gasteiger partial charge in [0.25, 0.3) is 5.69 Å². The molecule has 0 aliphatic carbocycles. The van der Waals surface area contributed by atoms with Crippen molar-refractivity contribution in [2.45, 2.75) is 31.6 Å². The minimum absolute atomic E-state index is 0.0931. The lowest BCUT2D eigenvalue weighted by atomic mass is 10.1. The van der Waals surface area contributed by atoms with Crippen LogP contribution in [-0.2, 0) is 14.6 Å². The highest BCUT2D eigenvalue weighted by atomic mass is 32.2. The summed E-state index contributed by atoms with van der Waals surface area (Å²) in [5, 5.41) is 21.1. The van der Waals surface area contributed by atoms with Gasteiger partial charge in [-0.05, 0) is 37.1 Å². The molecule has 0 saturated heterocycles. The molecule has 0 aliphatic heterocycles. The topological polar surface area (TPSA) is 124 Å². The zero-order valence-corrected chi connectivity index (χ0v) is 17.5. The van der Waals surface area contributed by atoms with Crippen molar-refractivity contribution in [3.8, 4) is 5.75 Å². The van der Waals surface area contributed by atoms with Crippen LogP contribution in [-0.4, -0.2) is 36.8 Å². The molecule has 0 aromatic heterocycles. The number of carbonyl (C=O) groups is 1. The Balaban J connectivity index is 2.29. The molecule has 0 unspecified atom stereocenters. The highest BCUT2D eigenvalue weighted by molar-refractivity contribution is 7.91. The molecule has 8 nitrogen and oxygen atoms in total. The number of phenols is 1. The van der Waals surface area contributed by atoms with E-state index in [-0.39, 0.29) is 39.6 Å². The fraction of sp³-hybridized carbons (Fsp3) is 0.286. The van der Waals surface area contributed by atoms with Crippen LogP contribution in [0.5, 0.6) is 5.75 Å². The van der Waals surface area contributed by atoms with Gasteiger partial charge in [0.1, 0.15) is 11.3 Å². The standard InChI is InChI=1S/C21H23NO7S/c1-3-4-13-29-21(24)20-15(2)19(12-11-18(20)23)30(27,28)14-7-9-16-8-5-6-10-17(16)22(25)26/h5-12,23H,3-4,13-14H2,1-2H3. The molecular weight excluding hydrogens is 410 g/mol. The van der Waals surface area contributed by atoms with Gasteiger partial charge in [-0.2, -0.15) is 0 Å². The maximum absolute atomic E-state index is 12.8. The molecule has 2 rings (SSSR count). The number of nitrogens with zero attached hydrogens (tertiary/aromatic N) is 1. The Hall–Kier alpha value is -3.20. The molecule has 0 heterocycles. The van der Waals surface area contributed by atoms with Crippen molar-refractivity contribution in [2.24, 2.45) is 0 Å². The number of sulfone groups is 1. The normalized spacial score (nSPS) is 11.5. The number of ether oxygens (including phenoxy) is 1. The second-order valence-electron chi connectivity index (χ2n) is 6.57. The number of esters is 1. The van der Waals surface area contributed by atoms with Crippen molar-refractivity contribution in [1.29, 1.82) is 0 Å². The Morgan fingerprint density at radius 1 is 1.23 bits per heavy atom. The number of unbranched alkanes of at least 4 members (excludes halogenated alkanes) is 1. The van der Waals surface area contributed by atoms with Crippen LogP contribution in [0, 0.1) is 17.0 Å². The molecule has 0 saturated carbocycles. The van der Waals surface area contributed by atoms with Gasteiger partial charge in [0.2, 0.25) is 0 Å². The van der Waals surface area contributed by atoms with E-state index in [0.717, 1.165) is 12.5 Å². The molecule has 0 radical (unpaired) electrons. The molecular formula is C21H23NO7S. The molecule has 0 aliphatic rings. The number of para-hydroxylation sites is 1. The summed E-state index contributed by atoms with van der Waals surface area (Å²) in [6.07, 6.45) is 4.15. The molecule has 160 valence electrons. The summed E-state index contributed by atoms with van der Waals surface area (Å²) in [5.41, 5.74) is 0.0508. The number of nitro benzene ring substituents is 1. The number of nitro groups is 1. The van der Waals surface area contributed by atoms with Gasteiger partial charge >= 0.3 is 5.97 Å².